The second-order valence-electron chi connectivity index (χ2n) is 5.93. The third-order valence-corrected chi connectivity index (χ3v) is 2.90. The normalized spacial score (nSPS) is 16.0. The lowest BCUT2D eigenvalue weighted by Crippen LogP contribution is -2.45. The third kappa shape index (κ3) is 3.77. The van der Waals surface area contributed by atoms with Crippen molar-refractivity contribution < 1.29 is 8.78 Å². The predicted octanol–water partition coefficient (Wildman–Crippen LogP) is 3.51. The highest BCUT2D eigenvalue weighted by Gasteiger charge is 2.30. The summed E-state index contributed by atoms with van der Waals surface area (Å²) >= 11 is 0. The molecule has 96 valence electrons. The quantitative estimate of drug-likeness (QED) is 0.861. The van der Waals surface area contributed by atoms with Gasteiger partial charge in [-0.2, -0.15) is 0 Å². The van der Waals surface area contributed by atoms with Gasteiger partial charge < -0.3 is 5.73 Å². The predicted molar refractivity (Wildman–Crippen MR) is 67.4 cm³/mol. The Morgan fingerprint density at radius 1 is 1.06 bits per heavy atom. The number of halogens is 2. The van der Waals surface area contributed by atoms with E-state index < -0.39 is 12.0 Å². The second kappa shape index (κ2) is 4.73. The molecule has 0 amide bonds. The second-order valence-corrected chi connectivity index (χ2v) is 5.93. The van der Waals surface area contributed by atoms with Gasteiger partial charge in [0, 0.05) is 0 Å². The lowest BCUT2D eigenvalue weighted by atomic mass is 9.85. The molecule has 0 aliphatic heterocycles. The van der Waals surface area contributed by atoms with Gasteiger partial charge in [0.1, 0.15) is 0 Å². The number of rotatable bonds is 3. The zero-order valence-corrected chi connectivity index (χ0v) is 10.9. The van der Waals surface area contributed by atoms with Gasteiger partial charge >= 0.3 is 0 Å². The summed E-state index contributed by atoms with van der Waals surface area (Å²) < 4.78 is 25.3. The van der Waals surface area contributed by atoms with E-state index >= 15 is 0 Å². The van der Waals surface area contributed by atoms with Crippen molar-refractivity contribution in [3.05, 3.63) is 35.4 Å². The smallest absolute Gasteiger partial charge is 0.256 e. The fraction of sp³-hybridized carbons (Fsp3) is 0.571. The van der Waals surface area contributed by atoms with Crippen LogP contribution in [0, 0.1) is 0 Å². The van der Waals surface area contributed by atoms with Crippen LogP contribution in [0.5, 0.6) is 0 Å². The van der Waals surface area contributed by atoms with Crippen molar-refractivity contribution in [1.82, 2.24) is 0 Å². The molecular weight excluding hydrogens is 220 g/mol. The van der Waals surface area contributed by atoms with Crippen LogP contribution in [0.2, 0.25) is 0 Å². The molecule has 2 N–H and O–H groups in total. The summed E-state index contributed by atoms with van der Waals surface area (Å²) in [5, 5.41) is 0. The van der Waals surface area contributed by atoms with Crippen molar-refractivity contribution in [2.75, 3.05) is 0 Å². The number of benzene rings is 1. The summed E-state index contributed by atoms with van der Waals surface area (Å²) in [6.07, 6.45) is -2.32. The highest BCUT2D eigenvalue weighted by atomic mass is 19.3. The van der Waals surface area contributed by atoms with E-state index in [-0.39, 0.29) is 11.8 Å². The number of nitrogens with two attached hydrogens (primary N) is 1. The summed E-state index contributed by atoms with van der Waals surface area (Å²) in [4.78, 5) is 0. The van der Waals surface area contributed by atoms with Crippen molar-refractivity contribution in [1.29, 1.82) is 0 Å². The molecule has 0 fully saturated rings. The monoisotopic (exact) mass is 241 g/mol. The van der Waals surface area contributed by atoms with E-state index in [1.807, 2.05) is 24.3 Å². The largest absolute Gasteiger partial charge is 0.320 e. The lowest BCUT2D eigenvalue weighted by Gasteiger charge is -2.24. The Morgan fingerprint density at radius 2 is 1.53 bits per heavy atom. The van der Waals surface area contributed by atoms with Crippen molar-refractivity contribution in [3.63, 3.8) is 0 Å². The summed E-state index contributed by atoms with van der Waals surface area (Å²) in [6.45, 7) is 7.74. The van der Waals surface area contributed by atoms with Crippen LogP contribution in [-0.2, 0) is 11.8 Å². The maximum absolute atomic E-state index is 12.6. The molecular formula is C14H21F2N. The molecule has 0 aromatic heterocycles. The molecule has 1 aromatic rings. The fourth-order valence-electron chi connectivity index (χ4n) is 1.64. The maximum atomic E-state index is 12.6. The van der Waals surface area contributed by atoms with Crippen LogP contribution in [0.1, 0.15) is 38.8 Å². The SMILES string of the molecule is CC(C)(C)c1ccc(CC(C)(N)C(F)F)cc1. The standard InChI is InChI=1S/C14H21F2N/c1-13(2,3)11-7-5-10(6-8-11)9-14(4,17)12(15)16/h5-8,12H,9,17H2,1-4H3. The lowest BCUT2D eigenvalue weighted by molar-refractivity contribution is 0.0639. The van der Waals surface area contributed by atoms with Gasteiger partial charge in [-0.1, -0.05) is 45.0 Å². The fourth-order valence-corrected chi connectivity index (χ4v) is 1.64. The maximum Gasteiger partial charge on any atom is 0.256 e. The molecule has 1 aromatic carbocycles. The average molecular weight is 241 g/mol. The Bertz CT molecular complexity index is 361. The summed E-state index contributed by atoms with van der Waals surface area (Å²) in [5.41, 5.74) is 6.23. The minimum absolute atomic E-state index is 0.0766. The summed E-state index contributed by atoms with van der Waals surface area (Å²) in [6, 6.07) is 7.73. The topological polar surface area (TPSA) is 26.0 Å². The molecule has 0 bridgehead atoms. The van der Waals surface area contributed by atoms with Crippen LogP contribution in [0.15, 0.2) is 24.3 Å². The molecule has 0 spiro atoms. The zero-order valence-electron chi connectivity index (χ0n) is 10.9. The van der Waals surface area contributed by atoms with Gasteiger partial charge in [0.25, 0.3) is 6.43 Å². The van der Waals surface area contributed by atoms with E-state index in [0.717, 1.165) is 5.56 Å². The minimum atomic E-state index is -2.51. The van der Waals surface area contributed by atoms with Crippen molar-refractivity contribution in [2.45, 2.75) is 51.5 Å². The highest BCUT2D eigenvalue weighted by Crippen LogP contribution is 2.24. The van der Waals surface area contributed by atoms with Crippen LogP contribution in [0.4, 0.5) is 8.78 Å². The molecule has 0 aliphatic rings. The van der Waals surface area contributed by atoms with Crippen LogP contribution in [0.3, 0.4) is 0 Å². The van der Waals surface area contributed by atoms with E-state index in [0.29, 0.717) is 0 Å². The van der Waals surface area contributed by atoms with E-state index in [1.165, 1.54) is 12.5 Å². The number of alkyl halides is 2. The Kier molecular flexibility index (Phi) is 3.92. The van der Waals surface area contributed by atoms with Gasteiger partial charge in [-0.25, -0.2) is 8.78 Å². The molecule has 0 radical (unpaired) electrons. The van der Waals surface area contributed by atoms with Crippen molar-refractivity contribution >= 4 is 0 Å². The van der Waals surface area contributed by atoms with Gasteiger partial charge in [-0.15, -0.1) is 0 Å². The van der Waals surface area contributed by atoms with E-state index in [2.05, 4.69) is 20.8 Å². The number of hydrogen-bond acceptors (Lipinski definition) is 1. The third-order valence-electron chi connectivity index (χ3n) is 2.90. The Labute approximate surface area is 102 Å². The first-order valence-electron chi connectivity index (χ1n) is 5.79. The van der Waals surface area contributed by atoms with Crippen LogP contribution < -0.4 is 5.73 Å². The van der Waals surface area contributed by atoms with Gasteiger partial charge in [0.15, 0.2) is 0 Å². The first kappa shape index (κ1) is 14.1. The highest BCUT2D eigenvalue weighted by molar-refractivity contribution is 5.28. The minimum Gasteiger partial charge on any atom is -0.320 e. The molecule has 1 unspecified atom stereocenters. The molecule has 1 atom stereocenters. The molecule has 0 heterocycles. The van der Waals surface area contributed by atoms with Crippen molar-refractivity contribution in [3.8, 4) is 0 Å². The van der Waals surface area contributed by atoms with Crippen molar-refractivity contribution in [2.24, 2.45) is 5.73 Å². The summed E-state index contributed by atoms with van der Waals surface area (Å²) in [5.74, 6) is 0. The molecule has 0 aliphatic carbocycles. The molecule has 0 saturated heterocycles. The van der Waals surface area contributed by atoms with Gasteiger partial charge in [-0.05, 0) is 29.9 Å². The van der Waals surface area contributed by atoms with Gasteiger partial charge in [0.2, 0.25) is 0 Å². The molecule has 1 nitrogen and oxygen atoms in total. The molecule has 0 saturated carbocycles. The Morgan fingerprint density at radius 3 is 1.88 bits per heavy atom. The van der Waals surface area contributed by atoms with E-state index in [4.69, 9.17) is 5.73 Å². The molecule has 1 rings (SSSR count). The first-order valence-corrected chi connectivity index (χ1v) is 5.79. The van der Waals surface area contributed by atoms with E-state index in [9.17, 15) is 8.78 Å². The Hall–Kier alpha value is -0.960. The van der Waals surface area contributed by atoms with Gasteiger partial charge in [0.05, 0.1) is 5.54 Å². The van der Waals surface area contributed by atoms with Crippen LogP contribution in [0.25, 0.3) is 0 Å². The Balaban J connectivity index is 2.83. The average Bonchev–Trinajstić information content (AvgIpc) is 2.16. The summed E-state index contributed by atoms with van der Waals surface area (Å²) in [7, 11) is 0. The number of hydrogen-bond donors (Lipinski definition) is 1. The zero-order chi connectivity index (χ0) is 13.3. The van der Waals surface area contributed by atoms with Crippen LogP contribution >= 0.6 is 0 Å². The van der Waals surface area contributed by atoms with Gasteiger partial charge in [-0.3, -0.25) is 0 Å². The van der Waals surface area contributed by atoms with E-state index in [1.54, 1.807) is 0 Å². The first-order chi connectivity index (χ1) is 7.63. The van der Waals surface area contributed by atoms with Crippen LogP contribution in [-0.4, -0.2) is 12.0 Å². The molecule has 17 heavy (non-hydrogen) atoms. The molecule has 3 heteroatoms.